The van der Waals surface area contributed by atoms with Crippen LogP contribution in [-0.2, 0) is 5.41 Å². The van der Waals surface area contributed by atoms with E-state index in [1.807, 2.05) is 13.8 Å². The molecule has 0 atom stereocenters. The van der Waals surface area contributed by atoms with Crippen LogP contribution in [0.3, 0.4) is 0 Å². The predicted octanol–water partition coefficient (Wildman–Crippen LogP) is 3.10. The predicted molar refractivity (Wildman–Crippen MR) is 72.5 cm³/mol. The van der Waals surface area contributed by atoms with Crippen LogP contribution in [0.1, 0.15) is 40.2 Å². The van der Waals surface area contributed by atoms with Crippen molar-refractivity contribution in [1.29, 1.82) is 0 Å². The Balaban J connectivity index is 0. The topological polar surface area (TPSA) is 40.5 Å². The summed E-state index contributed by atoms with van der Waals surface area (Å²) in [5.74, 6) is 0. The van der Waals surface area contributed by atoms with Crippen molar-refractivity contribution in [3.05, 3.63) is 35.9 Å². The third-order valence-corrected chi connectivity index (χ3v) is 1.64. The molecule has 0 saturated heterocycles. The summed E-state index contributed by atoms with van der Waals surface area (Å²) in [7, 11) is -1.17. The molecule has 0 spiro atoms. The molecule has 1 rings (SSSR count). The summed E-state index contributed by atoms with van der Waals surface area (Å²) in [5, 5.41) is 15.2. The van der Waals surface area contributed by atoms with Crippen LogP contribution in [0.15, 0.2) is 30.3 Å². The van der Waals surface area contributed by atoms with E-state index in [4.69, 9.17) is 10.0 Å². The molecule has 92 valence electrons. The van der Waals surface area contributed by atoms with Crippen molar-refractivity contribution in [2.24, 2.45) is 0 Å². The van der Waals surface area contributed by atoms with Gasteiger partial charge in [-0.15, -0.1) is 0 Å². The van der Waals surface area contributed by atoms with Crippen LogP contribution in [0.2, 0.25) is 6.82 Å². The van der Waals surface area contributed by atoms with Crippen molar-refractivity contribution in [3.63, 3.8) is 0 Å². The van der Waals surface area contributed by atoms with Crippen LogP contribution in [-0.4, -0.2) is 17.2 Å². The highest BCUT2D eigenvalue weighted by molar-refractivity contribution is 6.38. The van der Waals surface area contributed by atoms with Gasteiger partial charge in [-0.25, -0.2) is 0 Å². The number of hydrogen-bond acceptors (Lipinski definition) is 2. The second-order valence-electron chi connectivity index (χ2n) is 4.25. The zero-order chi connectivity index (χ0) is 13.2. The van der Waals surface area contributed by atoms with Crippen molar-refractivity contribution < 1.29 is 10.0 Å². The summed E-state index contributed by atoms with van der Waals surface area (Å²) in [6.07, 6.45) is 0. The molecular weight excluding hydrogens is 199 g/mol. The molecule has 0 heterocycles. The lowest BCUT2D eigenvalue weighted by Crippen LogP contribution is -2.10. The SMILES string of the molecule is CB(O)O.CC.CC(C)(C)c1ccccc1. The smallest absolute Gasteiger partial charge is 0.427 e. The fourth-order valence-corrected chi connectivity index (χ4v) is 0.938. The van der Waals surface area contributed by atoms with E-state index < -0.39 is 7.12 Å². The van der Waals surface area contributed by atoms with Gasteiger partial charge < -0.3 is 10.0 Å². The molecule has 0 bridgehead atoms. The van der Waals surface area contributed by atoms with E-state index in [0.29, 0.717) is 5.41 Å². The summed E-state index contributed by atoms with van der Waals surface area (Å²) in [5.41, 5.74) is 1.69. The van der Waals surface area contributed by atoms with Gasteiger partial charge in [0.05, 0.1) is 0 Å². The second-order valence-corrected chi connectivity index (χ2v) is 4.25. The Hall–Kier alpha value is -0.795. The van der Waals surface area contributed by atoms with Crippen molar-refractivity contribution in [3.8, 4) is 0 Å². The maximum atomic E-state index is 7.61. The van der Waals surface area contributed by atoms with Gasteiger partial charge in [-0.05, 0) is 17.8 Å². The van der Waals surface area contributed by atoms with Crippen LogP contribution in [0.25, 0.3) is 0 Å². The molecule has 0 aliphatic carbocycles. The number of benzene rings is 1. The third-order valence-electron chi connectivity index (χ3n) is 1.64. The first-order valence-electron chi connectivity index (χ1n) is 5.75. The molecule has 0 unspecified atom stereocenters. The van der Waals surface area contributed by atoms with Crippen molar-refractivity contribution in [1.82, 2.24) is 0 Å². The molecule has 3 heteroatoms. The molecule has 0 aromatic heterocycles. The Morgan fingerprint density at radius 2 is 1.25 bits per heavy atom. The van der Waals surface area contributed by atoms with Gasteiger partial charge in [0.15, 0.2) is 0 Å². The molecule has 0 amide bonds. The quantitative estimate of drug-likeness (QED) is 0.665. The normalized spacial score (nSPS) is 9.25. The van der Waals surface area contributed by atoms with E-state index in [-0.39, 0.29) is 0 Å². The molecule has 0 radical (unpaired) electrons. The zero-order valence-electron chi connectivity index (χ0n) is 11.4. The second kappa shape index (κ2) is 9.43. The lowest BCUT2D eigenvalue weighted by atomic mass is 9.87. The summed E-state index contributed by atoms with van der Waals surface area (Å²) in [4.78, 5) is 0. The average Bonchev–Trinajstić information content (AvgIpc) is 2.20. The molecule has 1 aromatic carbocycles. The Morgan fingerprint density at radius 3 is 1.44 bits per heavy atom. The number of hydrogen-bond donors (Lipinski definition) is 2. The zero-order valence-corrected chi connectivity index (χ0v) is 11.4. The fraction of sp³-hybridized carbons (Fsp3) is 0.538. The van der Waals surface area contributed by atoms with Gasteiger partial charge in [0, 0.05) is 0 Å². The van der Waals surface area contributed by atoms with Gasteiger partial charge in [-0.1, -0.05) is 65.0 Å². The third kappa shape index (κ3) is 11.3. The lowest BCUT2D eigenvalue weighted by Gasteiger charge is -2.18. The highest BCUT2D eigenvalue weighted by atomic mass is 16.4. The highest BCUT2D eigenvalue weighted by Crippen LogP contribution is 2.20. The summed E-state index contributed by atoms with van der Waals surface area (Å²) < 4.78 is 0. The van der Waals surface area contributed by atoms with Gasteiger partial charge >= 0.3 is 7.12 Å². The largest absolute Gasteiger partial charge is 0.448 e. The van der Waals surface area contributed by atoms with Crippen LogP contribution in [0.5, 0.6) is 0 Å². The summed E-state index contributed by atoms with van der Waals surface area (Å²) in [6.45, 7) is 12.0. The van der Waals surface area contributed by atoms with E-state index >= 15 is 0 Å². The van der Waals surface area contributed by atoms with Gasteiger partial charge in [0.1, 0.15) is 0 Å². The number of rotatable bonds is 0. The van der Waals surface area contributed by atoms with E-state index in [2.05, 4.69) is 51.1 Å². The Morgan fingerprint density at radius 1 is 0.938 bits per heavy atom. The van der Waals surface area contributed by atoms with Gasteiger partial charge in [-0.2, -0.15) is 0 Å². The highest BCUT2D eigenvalue weighted by Gasteiger charge is 2.11. The molecule has 2 nitrogen and oxygen atoms in total. The minimum Gasteiger partial charge on any atom is -0.427 e. The first-order chi connectivity index (χ1) is 7.34. The van der Waals surface area contributed by atoms with Crippen molar-refractivity contribution >= 4 is 7.12 Å². The molecule has 0 saturated carbocycles. The summed E-state index contributed by atoms with van der Waals surface area (Å²) >= 11 is 0. The van der Waals surface area contributed by atoms with Crippen LogP contribution in [0.4, 0.5) is 0 Å². The molecule has 16 heavy (non-hydrogen) atoms. The van der Waals surface area contributed by atoms with Crippen LogP contribution >= 0.6 is 0 Å². The van der Waals surface area contributed by atoms with Gasteiger partial charge in [-0.3, -0.25) is 0 Å². The van der Waals surface area contributed by atoms with E-state index in [0.717, 1.165) is 0 Å². The molecule has 0 aliphatic rings. The monoisotopic (exact) mass is 224 g/mol. The fourth-order valence-electron chi connectivity index (χ4n) is 0.938. The van der Waals surface area contributed by atoms with Crippen molar-refractivity contribution in [2.45, 2.75) is 46.9 Å². The molecule has 0 fully saturated rings. The standard InChI is InChI=1S/C10H14.C2H6.CH5BO2/c1-10(2,3)9-7-5-4-6-8-9;1-2;1-2(3)4/h4-8H,1-3H3;1-2H3;3-4H,1H3. The van der Waals surface area contributed by atoms with Crippen LogP contribution in [0, 0.1) is 0 Å². The van der Waals surface area contributed by atoms with E-state index in [1.165, 1.54) is 12.4 Å². The maximum Gasteiger partial charge on any atom is 0.448 e. The lowest BCUT2D eigenvalue weighted by molar-refractivity contribution is 0.417. The minimum absolute atomic E-state index is 0.293. The molecule has 0 aliphatic heterocycles. The summed E-state index contributed by atoms with van der Waals surface area (Å²) in [6, 6.07) is 10.6. The van der Waals surface area contributed by atoms with Gasteiger partial charge in [0.25, 0.3) is 0 Å². The maximum absolute atomic E-state index is 7.61. The Labute approximate surface area is 100 Å². The average molecular weight is 224 g/mol. The van der Waals surface area contributed by atoms with E-state index in [9.17, 15) is 0 Å². The van der Waals surface area contributed by atoms with E-state index in [1.54, 1.807) is 0 Å². The Kier molecular flexibility index (Phi) is 10.4. The van der Waals surface area contributed by atoms with Crippen LogP contribution < -0.4 is 0 Å². The molecular formula is C13H25BO2. The first-order valence-corrected chi connectivity index (χ1v) is 5.75. The Bertz CT molecular complexity index is 237. The first kappa shape index (κ1) is 17.6. The van der Waals surface area contributed by atoms with Crippen molar-refractivity contribution in [2.75, 3.05) is 0 Å². The van der Waals surface area contributed by atoms with Gasteiger partial charge in [0.2, 0.25) is 0 Å². The molecule has 1 aromatic rings. The molecule has 2 N–H and O–H groups in total. The minimum atomic E-state index is -1.17.